The Morgan fingerprint density at radius 3 is 2.39 bits per heavy atom. The molecule has 0 aromatic heterocycles. The van der Waals surface area contributed by atoms with Crippen molar-refractivity contribution in [3.8, 4) is 0 Å². The summed E-state index contributed by atoms with van der Waals surface area (Å²) in [5.41, 5.74) is 12.3. The molecular weight excluding hydrogens is 222 g/mol. The first-order valence-electron chi connectivity index (χ1n) is 6.06. The molecule has 0 saturated heterocycles. The van der Waals surface area contributed by atoms with Crippen LogP contribution in [0, 0.1) is 12.5 Å². The fraction of sp³-hybridized carbons (Fsp3) is 0.200. The molecule has 3 heteroatoms. The molecule has 0 fully saturated rings. The van der Waals surface area contributed by atoms with E-state index < -0.39 is 0 Å². The highest BCUT2D eigenvalue weighted by molar-refractivity contribution is 5.62. The zero-order valence-electron chi connectivity index (χ0n) is 10.7. The molecule has 0 saturated carbocycles. The topological polar surface area (TPSA) is 48.2 Å². The second-order valence-electron chi connectivity index (χ2n) is 4.34. The minimum atomic E-state index is 0.666. The second kappa shape index (κ2) is 5.45. The summed E-state index contributed by atoms with van der Waals surface area (Å²) >= 11 is 0. The van der Waals surface area contributed by atoms with Crippen LogP contribution >= 0.6 is 0 Å². The maximum atomic E-state index is 6.92. The fourth-order valence-corrected chi connectivity index (χ4v) is 1.92. The predicted molar refractivity (Wildman–Crippen MR) is 75.1 cm³/mol. The van der Waals surface area contributed by atoms with Crippen molar-refractivity contribution in [2.24, 2.45) is 5.11 Å². The predicted octanol–water partition coefficient (Wildman–Crippen LogP) is 4.96. The van der Waals surface area contributed by atoms with Gasteiger partial charge in [0.15, 0.2) is 0 Å². The highest BCUT2D eigenvalue weighted by Gasteiger charge is 1.99. The van der Waals surface area contributed by atoms with Crippen molar-refractivity contribution in [2.45, 2.75) is 20.3 Å². The lowest BCUT2D eigenvalue weighted by Crippen LogP contribution is -1.92. The van der Waals surface area contributed by atoms with Gasteiger partial charge in [-0.3, -0.25) is 0 Å². The first kappa shape index (κ1) is 12.3. The third kappa shape index (κ3) is 2.94. The molecule has 0 heterocycles. The Kier molecular flexibility index (Phi) is 3.72. The number of aryl methyl sites for hydroxylation is 2. The van der Waals surface area contributed by atoms with Crippen LogP contribution in [0.1, 0.15) is 18.1 Å². The summed E-state index contributed by atoms with van der Waals surface area (Å²) in [4.78, 5) is 0. The Morgan fingerprint density at radius 1 is 1.06 bits per heavy atom. The van der Waals surface area contributed by atoms with E-state index in [2.05, 4.69) is 42.5 Å². The SMILES string of the molecule is CCc1cc(C)cc(Nc2ccc(N=N)cc2)c1. The summed E-state index contributed by atoms with van der Waals surface area (Å²) < 4.78 is 0. The lowest BCUT2D eigenvalue weighted by atomic mass is 10.1. The number of hydrogen-bond donors (Lipinski definition) is 2. The quantitative estimate of drug-likeness (QED) is 0.727. The summed E-state index contributed by atoms with van der Waals surface area (Å²) in [5.74, 6) is 0. The lowest BCUT2D eigenvalue weighted by molar-refractivity contribution is 1.13. The van der Waals surface area contributed by atoms with Crippen LogP contribution in [-0.4, -0.2) is 0 Å². The highest BCUT2D eigenvalue weighted by atomic mass is 15.0. The van der Waals surface area contributed by atoms with Crippen LogP contribution in [0.5, 0.6) is 0 Å². The fourth-order valence-electron chi connectivity index (χ4n) is 1.92. The molecular formula is C15H17N3. The van der Waals surface area contributed by atoms with Gasteiger partial charge >= 0.3 is 0 Å². The van der Waals surface area contributed by atoms with Gasteiger partial charge in [-0.05, 0) is 60.9 Å². The van der Waals surface area contributed by atoms with E-state index in [0.29, 0.717) is 5.69 Å². The molecule has 0 amide bonds. The number of nitrogens with zero attached hydrogens (tertiary/aromatic N) is 1. The zero-order valence-corrected chi connectivity index (χ0v) is 10.7. The number of hydrogen-bond acceptors (Lipinski definition) is 3. The maximum Gasteiger partial charge on any atom is 0.0851 e. The first-order valence-corrected chi connectivity index (χ1v) is 6.06. The first-order chi connectivity index (χ1) is 8.71. The van der Waals surface area contributed by atoms with Gasteiger partial charge in [0.1, 0.15) is 0 Å². The summed E-state index contributed by atoms with van der Waals surface area (Å²) in [6.45, 7) is 4.26. The van der Waals surface area contributed by atoms with Crippen LogP contribution in [0.4, 0.5) is 17.1 Å². The number of anilines is 2. The Morgan fingerprint density at radius 2 is 1.78 bits per heavy atom. The Bertz CT molecular complexity index is 544. The third-order valence-electron chi connectivity index (χ3n) is 2.83. The molecule has 0 radical (unpaired) electrons. The van der Waals surface area contributed by atoms with Gasteiger partial charge in [-0.1, -0.05) is 13.0 Å². The van der Waals surface area contributed by atoms with Gasteiger partial charge in [0, 0.05) is 11.4 Å². The van der Waals surface area contributed by atoms with E-state index >= 15 is 0 Å². The van der Waals surface area contributed by atoms with Gasteiger partial charge in [-0.2, -0.15) is 5.11 Å². The molecule has 2 N–H and O–H groups in total. The van der Waals surface area contributed by atoms with E-state index in [1.54, 1.807) is 0 Å². The van der Waals surface area contributed by atoms with Crippen molar-refractivity contribution >= 4 is 17.1 Å². The van der Waals surface area contributed by atoms with Crippen LogP contribution in [0.15, 0.2) is 47.6 Å². The number of nitrogens with one attached hydrogen (secondary N) is 2. The molecule has 0 aliphatic carbocycles. The van der Waals surface area contributed by atoms with Gasteiger partial charge in [-0.15, -0.1) is 0 Å². The van der Waals surface area contributed by atoms with Crippen molar-refractivity contribution in [2.75, 3.05) is 5.32 Å². The lowest BCUT2D eigenvalue weighted by Gasteiger charge is -2.09. The van der Waals surface area contributed by atoms with Gasteiger partial charge < -0.3 is 5.32 Å². The monoisotopic (exact) mass is 239 g/mol. The molecule has 0 aliphatic heterocycles. The van der Waals surface area contributed by atoms with Crippen molar-refractivity contribution < 1.29 is 0 Å². The molecule has 3 nitrogen and oxygen atoms in total. The van der Waals surface area contributed by atoms with Gasteiger partial charge in [0.05, 0.1) is 5.69 Å². The van der Waals surface area contributed by atoms with Crippen molar-refractivity contribution in [1.29, 1.82) is 5.53 Å². The molecule has 2 aromatic rings. The molecule has 0 aliphatic rings. The molecule has 0 unspecified atom stereocenters. The van der Waals surface area contributed by atoms with E-state index in [1.807, 2.05) is 24.3 Å². The van der Waals surface area contributed by atoms with Crippen LogP contribution in [0.2, 0.25) is 0 Å². The number of benzene rings is 2. The highest BCUT2D eigenvalue weighted by Crippen LogP contribution is 2.22. The zero-order chi connectivity index (χ0) is 13.0. The van der Waals surface area contributed by atoms with Gasteiger partial charge in [0.25, 0.3) is 0 Å². The average Bonchev–Trinajstić information content (AvgIpc) is 2.39. The summed E-state index contributed by atoms with van der Waals surface area (Å²) in [6.07, 6.45) is 1.03. The number of rotatable bonds is 4. The second-order valence-corrected chi connectivity index (χ2v) is 4.34. The average molecular weight is 239 g/mol. The smallest absolute Gasteiger partial charge is 0.0851 e. The molecule has 0 spiro atoms. The van der Waals surface area contributed by atoms with E-state index in [9.17, 15) is 0 Å². The molecule has 0 bridgehead atoms. The normalized spacial score (nSPS) is 10.1. The minimum Gasteiger partial charge on any atom is -0.356 e. The standard InChI is InChI=1S/C15H17N3/c1-3-12-8-11(2)9-15(10-12)17-13-4-6-14(18-16)7-5-13/h4-10,16-17H,3H2,1-2H3. The molecule has 92 valence electrons. The maximum absolute atomic E-state index is 6.92. The Hall–Kier alpha value is -2.16. The van der Waals surface area contributed by atoms with E-state index in [1.165, 1.54) is 11.1 Å². The van der Waals surface area contributed by atoms with Crippen LogP contribution in [0.25, 0.3) is 0 Å². The van der Waals surface area contributed by atoms with E-state index in [4.69, 9.17) is 5.53 Å². The minimum absolute atomic E-state index is 0.666. The Balaban J connectivity index is 2.21. The van der Waals surface area contributed by atoms with E-state index in [-0.39, 0.29) is 0 Å². The van der Waals surface area contributed by atoms with Crippen molar-refractivity contribution in [3.63, 3.8) is 0 Å². The molecule has 18 heavy (non-hydrogen) atoms. The molecule has 0 atom stereocenters. The van der Waals surface area contributed by atoms with Crippen molar-refractivity contribution in [1.82, 2.24) is 0 Å². The van der Waals surface area contributed by atoms with Crippen LogP contribution in [0.3, 0.4) is 0 Å². The van der Waals surface area contributed by atoms with Crippen molar-refractivity contribution in [3.05, 3.63) is 53.6 Å². The van der Waals surface area contributed by atoms with Gasteiger partial charge in [-0.25, -0.2) is 5.53 Å². The van der Waals surface area contributed by atoms with Gasteiger partial charge in [0.2, 0.25) is 0 Å². The largest absolute Gasteiger partial charge is 0.356 e. The molecule has 2 rings (SSSR count). The summed E-state index contributed by atoms with van der Waals surface area (Å²) in [6, 6.07) is 14.0. The van der Waals surface area contributed by atoms with Crippen LogP contribution < -0.4 is 5.32 Å². The molecule has 2 aromatic carbocycles. The Labute approximate surface area is 107 Å². The summed E-state index contributed by atoms with van der Waals surface area (Å²) in [5, 5.41) is 6.75. The van der Waals surface area contributed by atoms with E-state index in [0.717, 1.165) is 17.8 Å². The summed E-state index contributed by atoms with van der Waals surface area (Å²) in [7, 11) is 0. The van der Waals surface area contributed by atoms with Crippen LogP contribution in [-0.2, 0) is 6.42 Å². The third-order valence-corrected chi connectivity index (χ3v) is 2.83.